The van der Waals surface area contributed by atoms with E-state index in [1.807, 2.05) is 30.9 Å². The maximum absolute atomic E-state index is 12.9. The molecular weight excluding hydrogens is 411 g/mol. The standard InChI is InChI=1S/C22H24F3N3OS/c1-14-9-15(2)26-20(10-14)27-21(30)28-8-4-5-16(13-28)11-19(29)17-6-3-7-18(12-17)22(23,24)25/h3,6-7,9-10,12,16H,4-5,8,11,13H2,1-2H3,(H,26,27,30). The van der Waals surface area contributed by atoms with Gasteiger partial charge in [-0.25, -0.2) is 4.98 Å². The molecule has 0 radical (unpaired) electrons. The predicted octanol–water partition coefficient (Wildman–Crippen LogP) is 5.40. The number of Topliss-reactive ketones (excluding diaryl/α,β-unsaturated/α-hetero) is 1. The van der Waals surface area contributed by atoms with Crippen molar-refractivity contribution in [3.05, 3.63) is 58.8 Å². The molecule has 1 aromatic carbocycles. The van der Waals surface area contributed by atoms with Crippen molar-refractivity contribution in [3.63, 3.8) is 0 Å². The van der Waals surface area contributed by atoms with E-state index in [1.54, 1.807) is 0 Å². The number of likely N-dealkylation sites (tertiary alicyclic amines) is 1. The van der Waals surface area contributed by atoms with Gasteiger partial charge in [0.05, 0.1) is 5.56 Å². The average Bonchev–Trinajstić information content (AvgIpc) is 2.67. The fraction of sp³-hybridized carbons (Fsp3) is 0.409. The van der Waals surface area contributed by atoms with Gasteiger partial charge in [0, 0.05) is 30.8 Å². The van der Waals surface area contributed by atoms with Crippen LogP contribution in [0.25, 0.3) is 0 Å². The topological polar surface area (TPSA) is 45.2 Å². The van der Waals surface area contributed by atoms with Crippen LogP contribution in [0.2, 0.25) is 0 Å². The average molecular weight is 436 g/mol. The first-order valence-corrected chi connectivity index (χ1v) is 10.2. The van der Waals surface area contributed by atoms with Crippen LogP contribution in [0, 0.1) is 19.8 Å². The van der Waals surface area contributed by atoms with Gasteiger partial charge in [0.2, 0.25) is 0 Å². The molecule has 1 aromatic heterocycles. The Hall–Kier alpha value is -2.48. The van der Waals surface area contributed by atoms with E-state index < -0.39 is 11.7 Å². The van der Waals surface area contributed by atoms with E-state index in [0.717, 1.165) is 42.8 Å². The predicted molar refractivity (Wildman–Crippen MR) is 115 cm³/mol. The summed E-state index contributed by atoms with van der Waals surface area (Å²) < 4.78 is 38.7. The number of ketones is 1. The van der Waals surface area contributed by atoms with E-state index in [1.165, 1.54) is 12.1 Å². The first kappa shape index (κ1) is 22.2. The van der Waals surface area contributed by atoms with Crippen LogP contribution in [-0.4, -0.2) is 33.9 Å². The molecule has 1 atom stereocenters. The Morgan fingerprint density at radius 2 is 2.03 bits per heavy atom. The van der Waals surface area contributed by atoms with Crippen molar-refractivity contribution in [2.75, 3.05) is 18.4 Å². The number of halogens is 3. The summed E-state index contributed by atoms with van der Waals surface area (Å²) in [4.78, 5) is 19.0. The number of nitrogens with one attached hydrogen (secondary N) is 1. The molecule has 1 aliphatic heterocycles. The number of aryl methyl sites for hydroxylation is 2. The van der Waals surface area contributed by atoms with Crippen molar-refractivity contribution in [1.82, 2.24) is 9.88 Å². The van der Waals surface area contributed by atoms with E-state index in [0.29, 0.717) is 17.5 Å². The fourth-order valence-corrected chi connectivity index (χ4v) is 4.03. The fourth-order valence-electron chi connectivity index (χ4n) is 3.76. The lowest BCUT2D eigenvalue weighted by atomic mass is 9.90. The summed E-state index contributed by atoms with van der Waals surface area (Å²) in [5.41, 5.74) is 1.27. The van der Waals surface area contributed by atoms with Gasteiger partial charge in [-0.1, -0.05) is 12.1 Å². The molecule has 2 heterocycles. The van der Waals surface area contributed by atoms with E-state index in [2.05, 4.69) is 10.3 Å². The minimum absolute atomic E-state index is 0.0350. The minimum atomic E-state index is -4.46. The van der Waals surface area contributed by atoms with Gasteiger partial charge >= 0.3 is 6.18 Å². The van der Waals surface area contributed by atoms with Crippen molar-refractivity contribution >= 4 is 28.9 Å². The Morgan fingerprint density at radius 1 is 1.27 bits per heavy atom. The number of anilines is 1. The van der Waals surface area contributed by atoms with Gasteiger partial charge in [-0.15, -0.1) is 0 Å². The summed E-state index contributed by atoms with van der Waals surface area (Å²) >= 11 is 5.53. The van der Waals surface area contributed by atoms with Gasteiger partial charge in [-0.05, 0) is 74.7 Å². The van der Waals surface area contributed by atoms with Gasteiger partial charge in [0.15, 0.2) is 10.9 Å². The van der Waals surface area contributed by atoms with Gasteiger partial charge in [0.1, 0.15) is 5.82 Å². The molecule has 4 nitrogen and oxygen atoms in total. The van der Waals surface area contributed by atoms with Gasteiger partial charge in [-0.2, -0.15) is 13.2 Å². The van der Waals surface area contributed by atoms with E-state index in [-0.39, 0.29) is 23.7 Å². The molecule has 160 valence electrons. The van der Waals surface area contributed by atoms with Gasteiger partial charge in [0.25, 0.3) is 0 Å². The highest BCUT2D eigenvalue weighted by molar-refractivity contribution is 7.80. The number of hydrogen-bond acceptors (Lipinski definition) is 3. The highest BCUT2D eigenvalue weighted by Gasteiger charge is 2.31. The lowest BCUT2D eigenvalue weighted by Crippen LogP contribution is -2.42. The number of thiocarbonyl (C=S) groups is 1. The van der Waals surface area contributed by atoms with Crippen LogP contribution in [0.3, 0.4) is 0 Å². The minimum Gasteiger partial charge on any atom is -0.349 e. The molecule has 1 N–H and O–H groups in total. The second-order valence-corrected chi connectivity index (χ2v) is 8.15. The first-order chi connectivity index (χ1) is 14.1. The number of carbonyl (C=O) groups is 1. The van der Waals surface area contributed by atoms with Crippen LogP contribution < -0.4 is 5.32 Å². The Labute approximate surface area is 179 Å². The van der Waals surface area contributed by atoms with E-state index >= 15 is 0 Å². The maximum atomic E-state index is 12.9. The summed E-state index contributed by atoms with van der Waals surface area (Å²) in [6.07, 6.45) is -2.56. The molecule has 0 aliphatic carbocycles. The molecule has 1 fully saturated rings. The molecule has 3 rings (SSSR count). The highest BCUT2D eigenvalue weighted by Crippen LogP contribution is 2.30. The van der Waals surface area contributed by atoms with Crippen molar-refractivity contribution in [1.29, 1.82) is 0 Å². The normalized spacial score (nSPS) is 17.0. The summed E-state index contributed by atoms with van der Waals surface area (Å²) in [5, 5.41) is 3.70. The third-order valence-electron chi connectivity index (χ3n) is 5.12. The van der Waals surface area contributed by atoms with Crippen LogP contribution in [-0.2, 0) is 6.18 Å². The van der Waals surface area contributed by atoms with Crippen LogP contribution >= 0.6 is 12.2 Å². The monoisotopic (exact) mass is 435 g/mol. The van der Waals surface area contributed by atoms with Crippen molar-refractivity contribution < 1.29 is 18.0 Å². The maximum Gasteiger partial charge on any atom is 0.416 e. The highest BCUT2D eigenvalue weighted by atomic mass is 32.1. The molecular formula is C22H24F3N3OS. The van der Waals surface area contributed by atoms with Crippen molar-refractivity contribution in [2.45, 2.75) is 39.3 Å². The third-order valence-corrected chi connectivity index (χ3v) is 5.49. The second-order valence-electron chi connectivity index (χ2n) is 7.76. The lowest BCUT2D eigenvalue weighted by molar-refractivity contribution is -0.137. The summed E-state index contributed by atoms with van der Waals surface area (Å²) in [5.74, 6) is 0.440. The number of rotatable bonds is 4. The zero-order chi connectivity index (χ0) is 21.9. The molecule has 30 heavy (non-hydrogen) atoms. The Morgan fingerprint density at radius 3 is 2.73 bits per heavy atom. The summed E-state index contributed by atoms with van der Waals surface area (Å²) in [6.45, 7) is 5.25. The molecule has 2 aromatic rings. The van der Waals surface area contributed by atoms with Gasteiger partial charge in [-0.3, -0.25) is 4.79 Å². The van der Waals surface area contributed by atoms with E-state index in [9.17, 15) is 18.0 Å². The SMILES string of the molecule is Cc1cc(C)nc(NC(=S)N2CCCC(CC(=O)c3cccc(C(F)(F)F)c3)C2)c1. The Balaban J connectivity index is 1.62. The largest absolute Gasteiger partial charge is 0.416 e. The number of nitrogens with zero attached hydrogens (tertiary/aromatic N) is 2. The number of benzene rings is 1. The number of hydrogen-bond donors (Lipinski definition) is 1. The Kier molecular flexibility index (Phi) is 6.75. The van der Waals surface area contributed by atoms with Crippen LogP contribution in [0.15, 0.2) is 36.4 Å². The number of aromatic nitrogens is 1. The lowest BCUT2D eigenvalue weighted by Gasteiger charge is -2.34. The Bertz CT molecular complexity index is 925. The summed E-state index contributed by atoms with van der Waals surface area (Å²) in [7, 11) is 0. The molecule has 1 saturated heterocycles. The smallest absolute Gasteiger partial charge is 0.349 e. The molecule has 0 bridgehead atoms. The van der Waals surface area contributed by atoms with Crippen LogP contribution in [0.1, 0.15) is 46.4 Å². The molecule has 0 spiro atoms. The van der Waals surface area contributed by atoms with E-state index in [4.69, 9.17) is 12.2 Å². The van der Waals surface area contributed by atoms with Crippen molar-refractivity contribution in [2.24, 2.45) is 5.92 Å². The second kappa shape index (κ2) is 9.12. The summed E-state index contributed by atoms with van der Waals surface area (Å²) in [6, 6.07) is 8.52. The van der Waals surface area contributed by atoms with Gasteiger partial charge < -0.3 is 10.2 Å². The molecule has 0 saturated carbocycles. The number of pyridine rings is 1. The molecule has 8 heteroatoms. The third kappa shape index (κ3) is 5.78. The molecule has 1 unspecified atom stereocenters. The number of alkyl halides is 3. The molecule has 0 amide bonds. The zero-order valence-corrected chi connectivity index (χ0v) is 17.7. The van der Waals surface area contributed by atoms with Crippen molar-refractivity contribution in [3.8, 4) is 0 Å². The number of carbonyl (C=O) groups excluding carboxylic acids is 1. The quantitative estimate of drug-likeness (QED) is 0.515. The van der Waals surface area contributed by atoms with Crippen LogP contribution in [0.4, 0.5) is 19.0 Å². The number of piperidine rings is 1. The zero-order valence-electron chi connectivity index (χ0n) is 16.9. The van der Waals surface area contributed by atoms with Crippen LogP contribution in [0.5, 0.6) is 0 Å². The molecule has 1 aliphatic rings. The first-order valence-electron chi connectivity index (χ1n) is 9.83.